The topological polar surface area (TPSA) is 26.3 Å². The van der Waals surface area contributed by atoms with Crippen LogP contribution in [0.25, 0.3) is 10.1 Å². The van der Waals surface area contributed by atoms with Gasteiger partial charge < -0.3 is 4.74 Å². The third kappa shape index (κ3) is 1.83. The zero-order valence-electron chi connectivity index (χ0n) is 9.67. The Bertz CT molecular complexity index is 676. The van der Waals surface area contributed by atoms with Gasteiger partial charge in [-0.1, -0.05) is 18.2 Å². The summed E-state index contributed by atoms with van der Waals surface area (Å²) < 4.78 is 6.33. The van der Waals surface area contributed by atoms with E-state index in [1.165, 1.54) is 22.7 Å². The Kier molecular flexibility index (Phi) is 2.89. The highest BCUT2D eigenvalue weighted by Crippen LogP contribution is 2.32. The summed E-state index contributed by atoms with van der Waals surface area (Å²) in [7, 11) is 1.59. The van der Waals surface area contributed by atoms with Crippen molar-refractivity contribution in [2.75, 3.05) is 7.11 Å². The maximum Gasteiger partial charge on any atom is 0.216 e. The quantitative estimate of drug-likeness (QED) is 0.669. The van der Waals surface area contributed by atoms with Gasteiger partial charge in [0.2, 0.25) is 5.78 Å². The van der Waals surface area contributed by atoms with Crippen LogP contribution in [0.2, 0.25) is 0 Å². The van der Waals surface area contributed by atoms with Crippen LogP contribution in [0.5, 0.6) is 5.75 Å². The zero-order valence-corrected chi connectivity index (χ0v) is 11.3. The SMILES string of the molecule is COc1ccsc1C(=O)c1cc2ccccc2s1. The van der Waals surface area contributed by atoms with Crippen molar-refractivity contribution in [3.8, 4) is 5.75 Å². The molecule has 0 aliphatic rings. The molecular weight excluding hydrogens is 264 g/mol. The predicted molar refractivity (Wildman–Crippen MR) is 76.1 cm³/mol. The largest absolute Gasteiger partial charge is 0.495 e. The predicted octanol–water partition coefficient (Wildman–Crippen LogP) is 4.20. The molecule has 1 aromatic carbocycles. The molecule has 18 heavy (non-hydrogen) atoms. The van der Waals surface area contributed by atoms with Crippen molar-refractivity contribution >= 4 is 38.5 Å². The number of hydrogen-bond donors (Lipinski definition) is 0. The summed E-state index contributed by atoms with van der Waals surface area (Å²) in [6.07, 6.45) is 0. The van der Waals surface area contributed by atoms with Crippen LogP contribution in [0.4, 0.5) is 0 Å². The number of thiophene rings is 2. The van der Waals surface area contributed by atoms with E-state index in [0.717, 1.165) is 15.0 Å². The lowest BCUT2D eigenvalue weighted by atomic mass is 10.2. The van der Waals surface area contributed by atoms with E-state index in [1.54, 1.807) is 7.11 Å². The van der Waals surface area contributed by atoms with E-state index in [4.69, 9.17) is 4.74 Å². The van der Waals surface area contributed by atoms with Crippen molar-refractivity contribution in [2.45, 2.75) is 0 Å². The molecule has 0 radical (unpaired) electrons. The van der Waals surface area contributed by atoms with Crippen LogP contribution in [0.3, 0.4) is 0 Å². The van der Waals surface area contributed by atoms with Crippen LogP contribution in [0.15, 0.2) is 41.8 Å². The number of benzene rings is 1. The van der Waals surface area contributed by atoms with E-state index in [9.17, 15) is 4.79 Å². The fourth-order valence-corrected chi connectivity index (χ4v) is 3.72. The van der Waals surface area contributed by atoms with Crippen LogP contribution in [-0.4, -0.2) is 12.9 Å². The Hall–Kier alpha value is -1.65. The third-order valence-electron chi connectivity index (χ3n) is 2.70. The standard InChI is InChI=1S/C14H10O2S2/c1-16-10-6-7-17-14(10)13(15)12-8-9-4-2-3-5-11(9)18-12/h2-8H,1H3. The minimum atomic E-state index is 0.0445. The number of fused-ring (bicyclic) bond motifs is 1. The zero-order chi connectivity index (χ0) is 12.5. The van der Waals surface area contributed by atoms with Crippen molar-refractivity contribution in [2.24, 2.45) is 0 Å². The first-order chi connectivity index (χ1) is 8.79. The summed E-state index contributed by atoms with van der Waals surface area (Å²) in [6.45, 7) is 0. The minimum absolute atomic E-state index is 0.0445. The third-order valence-corrected chi connectivity index (χ3v) is 4.71. The molecule has 0 amide bonds. The fourth-order valence-electron chi connectivity index (χ4n) is 1.83. The molecule has 0 saturated heterocycles. The Labute approximate surface area is 112 Å². The first-order valence-electron chi connectivity index (χ1n) is 5.44. The number of ketones is 1. The molecule has 0 fully saturated rings. The van der Waals surface area contributed by atoms with Gasteiger partial charge in [0, 0.05) is 4.70 Å². The van der Waals surface area contributed by atoms with E-state index in [1.807, 2.05) is 41.8 Å². The van der Waals surface area contributed by atoms with E-state index < -0.39 is 0 Å². The Morgan fingerprint density at radius 3 is 2.83 bits per heavy atom. The second-order valence-corrected chi connectivity index (χ2v) is 5.80. The molecule has 3 rings (SSSR count). The van der Waals surface area contributed by atoms with Crippen LogP contribution in [-0.2, 0) is 0 Å². The van der Waals surface area contributed by atoms with Crippen molar-refractivity contribution in [3.05, 3.63) is 51.5 Å². The fraction of sp³-hybridized carbons (Fsp3) is 0.0714. The summed E-state index contributed by atoms with van der Waals surface area (Å²) in [5.74, 6) is 0.700. The number of rotatable bonds is 3. The van der Waals surface area contributed by atoms with Crippen molar-refractivity contribution in [1.29, 1.82) is 0 Å². The molecule has 0 atom stereocenters. The molecule has 90 valence electrons. The van der Waals surface area contributed by atoms with E-state index in [-0.39, 0.29) is 5.78 Å². The molecule has 0 unspecified atom stereocenters. The number of ether oxygens (including phenoxy) is 1. The molecule has 0 spiro atoms. The summed E-state index contributed by atoms with van der Waals surface area (Å²) >= 11 is 2.94. The average Bonchev–Trinajstić information content (AvgIpc) is 3.03. The average molecular weight is 274 g/mol. The maximum atomic E-state index is 12.4. The lowest BCUT2D eigenvalue weighted by Crippen LogP contribution is -1.97. The lowest BCUT2D eigenvalue weighted by Gasteiger charge is -1.98. The number of methoxy groups -OCH3 is 1. The van der Waals surface area contributed by atoms with Gasteiger partial charge in [0.25, 0.3) is 0 Å². The van der Waals surface area contributed by atoms with Gasteiger partial charge in [0.15, 0.2) is 0 Å². The first kappa shape index (κ1) is 11.4. The molecule has 0 bridgehead atoms. The molecule has 0 N–H and O–H groups in total. The molecule has 2 heterocycles. The molecule has 2 nitrogen and oxygen atoms in total. The molecule has 0 saturated carbocycles. The normalized spacial score (nSPS) is 10.7. The lowest BCUT2D eigenvalue weighted by molar-refractivity contribution is 0.104. The van der Waals surface area contributed by atoms with Crippen molar-refractivity contribution in [3.63, 3.8) is 0 Å². The minimum Gasteiger partial charge on any atom is -0.495 e. The van der Waals surface area contributed by atoms with Gasteiger partial charge in [-0.15, -0.1) is 22.7 Å². The molecule has 0 aliphatic carbocycles. The molecule has 3 aromatic rings. The Morgan fingerprint density at radius 2 is 2.06 bits per heavy atom. The number of carbonyl (C=O) groups is 1. The van der Waals surface area contributed by atoms with Gasteiger partial charge in [0.05, 0.1) is 12.0 Å². The van der Waals surface area contributed by atoms with Gasteiger partial charge in [-0.2, -0.15) is 0 Å². The second kappa shape index (κ2) is 4.55. The van der Waals surface area contributed by atoms with Crippen molar-refractivity contribution in [1.82, 2.24) is 0 Å². The van der Waals surface area contributed by atoms with Gasteiger partial charge in [0.1, 0.15) is 10.6 Å². The highest BCUT2D eigenvalue weighted by Gasteiger charge is 2.18. The summed E-state index contributed by atoms with van der Waals surface area (Å²) in [4.78, 5) is 13.8. The van der Waals surface area contributed by atoms with E-state index in [0.29, 0.717) is 10.6 Å². The molecular formula is C14H10O2S2. The van der Waals surface area contributed by atoms with Gasteiger partial charge in [-0.3, -0.25) is 4.79 Å². The van der Waals surface area contributed by atoms with E-state index >= 15 is 0 Å². The van der Waals surface area contributed by atoms with Gasteiger partial charge in [-0.25, -0.2) is 0 Å². The van der Waals surface area contributed by atoms with E-state index in [2.05, 4.69) is 0 Å². The first-order valence-corrected chi connectivity index (χ1v) is 7.14. The number of hydrogen-bond acceptors (Lipinski definition) is 4. The Balaban J connectivity index is 2.06. The molecule has 2 aromatic heterocycles. The van der Waals surface area contributed by atoms with Crippen LogP contribution >= 0.6 is 22.7 Å². The van der Waals surface area contributed by atoms with Crippen LogP contribution < -0.4 is 4.74 Å². The summed E-state index contributed by atoms with van der Waals surface area (Å²) in [5, 5.41) is 2.99. The molecule has 0 aliphatic heterocycles. The highest BCUT2D eigenvalue weighted by atomic mass is 32.1. The second-order valence-electron chi connectivity index (χ2n) is 3.80. The number of carbonyl (C=O) groups excluding carboxylic acids is 1. The van der Waals surface area contributed by atoms with Gasteiger partial charge >= 0.3 is 0 Å². The van der Waals surface area contributed by atoms with Crippen molar-refractivity contribution < 1.29 is 9.53 Å². The highest BCUT2D eigenvalue weighted by molar-refractivity contribution is 7.22. The van der Waals surface area contributed by atoms with Crippen LogP contribution in [0, 0.1) is 0 Å². The molecule has 4 heteroatoms. The summed E-state index contributed by atoms with van der Waals surface area (Å²) in [5.41, 5.74) is 0. The summed E-state index contributed by atoms with van der Waals surface area (Å²) in [6, 6.07) is 11.8. The van der Waals surface area contributed by atoms with Gasteiger partial charge in [-0.05, 0) is 29.0 Å². The monoisotopic (exact) mass is 274 g/mol. The smallest absolute Gasteiger partial charge is 0.216 e. The Morgan fingerprint density at radius 1 is 1.22 bits per heavy atom. The van der Waals surface area contributed by atoms with Crippen LogP contribution in [0.1, 0.15) is 14.5 Å². The maximum absolute atomic E-state index is 12.4.